The van der Waals surface area contributed by atoms with Crippen molar-refractivity contribution in [3.8, 4) is 0 Å². The quantitative estimate of drug-likeness (QED) is 0.838. The number of hydrogen-bond acceptors (Lipinski definition) is 3. The van der Waals surface area contributed by atoms with Gasteiger partial charge in [0.25, 0.3) is 5.91 Å². The highest BCUT2D eigenvalue weighted by Gasteiger charge is 2.26. The summed E-state index contributed by atoms with van der Waals surface area (Å²) in [4.78, 5) is 24.1. The van der Waals surface area contributed by atoms with Gasteiger partial charge in [-0.3, -0.25) is 20.4 Å². The molecular formula is C14H13ClN2O2S. The summed E-state index contributed by atoms with van der Waals surface area (Å²) in [6, 6.07) is 7.56. The fraction of sp³-hybridized carbons (Fsp3) is 0.286. The maximum absolute atomic E-state index is 12.1. The molecule has 3 rings (SSSR count). The third-order valence-electron chi connectivity index (χ3n) is 3.52. The molecule has 2 aromatic rings. The number of hydrazine groups is 1. The zero-order valence-corrected chi connectivity index (χ0v) is 12.2. The summed E-state index contributed by atoms with van der Waals surface area (Å²) in [7, 11) is 0. The number of rotatable bonds is 2. The fourth-order valence-electron chi connectivity index (χ4n) is 2.11. The first-order chi connectivity index (χ1) is 9.66. The van der Waals surface area contributed by atoms with Gasteiger partial charge in [-0.25, -0.2) is 0 Å². The second-order valence-electron chi connectivity index (χ2n) is 4.81. The minimum absolute atomic E-state index is 0.0354. The van der Waals surface area contributed by atoms with E-state index in [1.807, 2.05) is 24.3 Å². The number of carbonyl (C=O) groups excluding carboxylic acids is 2. The Morgan fingerprint density at radius 3 is 2.60 bits per heavy atom. The van der Waals surface area contributed by atoms with Crippen LogP contribution in [-0.2, 0) is 4.79 Å². The number of amides is 2. The second-order valence-corrected chi connectivity index (χ2v) is 6.24. The Labute approximate surface area is 125 Å². The zero-order valence-electron chi connectivity index (χ0n) is 10.6. The van der Waals surface area contributed by atoms with Gasteiger partial charge in [-0.05, 0) is 18.9 Å². The number of halogens is 1. The molecular weight excluding hydrogens is 296 g/mol. The van der Waals surface area contributed by atoms with Crippen molar-refractivity contribution in [1.82, 2.24) is 10.9 Å². The van der Waals surface area contributed by atoms with E-state index in [0.717, 1.165) is 29.3 Å². The summed E-state index contributed by atoms with van der Waals surface area (Å²) in [6.07, 6.45) is 2.87. The summed E-state index contributed by atoms with van der Waals surface area (Å²) < 4.78 is 0.952. The molecule has 0 saturated heterocycles. The van der Waals surface area contributed by atoms with Crippen molar-refractivity contribution in [3.63, 3.8) is 0 Å². The van der Waals surface area contributed by atoms with E-state index in [9.17, 15) is 9.59 Å². The predicted molar refractivity (Wildman–Crippen MR) is 79.8 cm³/mol. The van der Waals surface area contributed by atoms with Crippen LogP contribution in [0.3, 0.4) is 0 Å². The highest BCUT2D eigenvalue weighted by Crippen LogP contribution is 2.34. The van der Waals surface area contributed by atoms with Crippen molar-refractivity contribution in [2.24, 2.45) is 5.92 Å². The average Bonchev–Trinajstić information content (AvgIpc) is 2.72. The molecule has 1 aromatic carbocycles. The molecule has 4 nitrogen and oxygen atoms in total. The number of benzene rings is 1. The third-order valence-corrected chi connectivity index (χ3v) is 5.19. The van der Waals surface area contributed by atoms with Crippen LogP contribution in [0, 0.1) is 5.92 Å². The van der Waals surface area contributed by atoms with Crippen LogP contribution in [0.4, 0.5) is 0 Å². The standard InChI is InChI=1S/C14H13ClN2O2S/c15-11-9-6-1-2-7-10(9)20-12(11)14(19)17-16-13(18)8-4-3-5-8/h1-2,6-8H,3-5H2,(H,16,18)(H,17,19). The highest BCUT2D eigenvalue weighted by atomic mass is 35.5. The summed E-state index contributed by atoms with van der Waals surface area (Å²) in [6.45, 7) is 0. The van der Waals surface area contributed by atoms with Crippen LogP contribution in [0.2, 0.25) is 5.02 Å². The lowest BCUT2D eigenvalue weighted by Gasteiger charge is -2.23. The van der Waals surface area contributed by atoms with Gasteiger partial charge in [-0.15, -0.1) is 11.3 Å². The first-order valence-electron chi connectivity index (χ1n) is 6.44. The molecule has 1 saturated carbocycles. The molecule has 104 valence electrons. The van der Waals surface area contributed by atoms with E-state index < -0.39 is 0 Å². The minimum Gasteiger partial charge on any atom is -0.273 e. The maximum atomic E-state index is 12.1. The Hall–Kier alpha value is -1.59. The molecule has 0 aliphatic heterocycles. The SMILES string of the molecule is O=C(NNC(=O)C1CCC1)c1sc2ccccc2c1Cl. The zero-order chi connectivity index (χ0) is 14.1. The predicted octanol–water partition coefficient (Wildman–Crippen LogP) is 3.12. The smallest absolute Gasteiger partial charge is 0.273 e. The Balaban J connectivity index is 1.72. The van der Waals surface area contributed by atoms with Crippen molar-refractivity contribution in [2.45, 2.75) is 19.3 Å². The van der Waals surface area contributed by atoms with Gasteiger partial charge in [-0.1, -0.05) is 36.2 Å². The van der Waals surface area contributed by atoms with Gasteiger partial charge in [0, 0.05) is 16.0 Å². The van der Waals surface area contributed by atoms with Crippen LogP contribution in [-0.4, -0.2) is 11.8 Å². The van der Waals surface area contributed by atoms with Gasteiger partial charge < -0.3 is 0 Å². The molecule has 1 heterocycles. The summed E-state index contributed by atoms with van der Waals surface area (Å²) in [5.74, 6) is -0.459. The third kappa shape index (κ3) is 2.39. The molecule has 0 radical (unpaired) electrons. The van der Waals surface area contributed by atoms with Crippen LogP contribution in [0.5, 0.6) is 0 Å². The monoisotopic (exact) mass is 308 g/mol. The molecule has 1 aliphatic carbocycles. The average molecular weight is 309 g/mol. The maximum Gasteiger partial charge on any atom is 0.281 e. The Morgan fingerprint density at radius 2 is 1.95 bits per heavy atom. The molecule has 2 N–H and O–H groups in total. The van der Waals surface area contributed by atoms with Crippen molar-refractivity contribution >= 4 is 44.8 Å². The summed E-state index contributed by atoms with van der Waals surface area (Å²) in [5, 5.41) is 1.29. The van der Waals surface area contributed by atoms with Crippen LogP contribution in [0.1, 0.15) is 28.9 Å². The molecule has 0 unspecified atom stereocenters. The largest absolute Gasteiger partial charge is 0.281 e. The van der Waals surface area contributed by atoms with Gasteiger partial charge in [-0.2, -0.15) is 0 Å². The fourth-order valence-corrected chi connectivity index (χ4v) is 3.52. The lowest BCUT2D eigenvalue weighted by molar-refractivity contribution is -0.128. The summed E-state index contributed by atoms with van der Waals surface area (Å²) >= 11 is 7.52. The molecule has 1 fully saturated rings. The number of carbonyl (C=O) groups is 2. The lowest BCUT2D eigenvalue weighted by Crippen LogP contribution is -2.45. The Morgan fingerprint density at radius 1 is 1.20 bits per heavy atom. The first kappa shape index (κ1) is 13.4. The number of hydrogen-bond donors (Lipinski definition) is 2. The lowest BCUT2D eigenvalue weighted by atomic mass is 9.85. The van der Waals surface area contributed by atoms with Crippen LogP contribution in [0.15, 0.2) is 24.3 Å². The van der Waals surface area contributed by atoms with Gasteiger partial charge in [0.15, 0.2) is 0 Å². The molecule has 6 heteroatoms. The molecule has 0 bridgehead atoms. The van der Waals surface area contributed by atoms with Gasteiger partial charge in [0.2, 0.25) is 5.91 Å². The van der Waals surface area contributed by atoms with Crippen molar-refractivity contribution in [1.29, 1.82) is 0 Å². The van der Waals surface area contributed by atoms with Gasteiger partial charge in [0.1, 0.15) is 4.88 Å². The Kier molecular flexibility index (Phi) is 3.63. The van der Waals surface area contributed by atoms with E-state index >= 15 is 0 Å². The first-order valence-corrected chi connectivity index (χ1v) is 7.63. The van der Waals surface area contributed by atoms with Crippen molar-refractivity contribution in [2.75, 3.05) is 0 Å². The number of thiophene rings is 1. The van der Waals surface area contributed by atoms with Crippen molar-refractivity contribution in [3.05, 3.63) is 34.2 Å². The van der Waals surface area contributed by atoms with Crippen LogP contribution < -0.4 is 10.9 Å². The van der Waals surface area contributed by atoms with Crippen LogP contribution >= 0.6 is 22.9 Å². The number of fused-ring (bicyclic) bond motifs is 1. The number of nitrogens with one attached hydrogen (secondary N) is 2. The van der Waals surface area contributed by atoms with E-state index in [-0.39, 0.29) is 17.7 Å². The van der Waals surface area contributed by atoms with E-state index in [4.69, 9.17) is 11.6 Å². The topological polar surface area (TPSA) is 58.2 Å². The molecule has 20 heavy (non-hydrogen) atoms. The van der Waals surface area contributed by atoms with Crippen LogP contribution in [0.25, 0.3) is 10.1 Å². The van der Waals surface area contributed by atoms with E-state index in [1.54, 1.807) is 0 Å². The molecule has 0 atom stereocenters. The molecule has 1 aromatic heterocycles. The minimum atomic E-state index is -0.371. The molecule has 2 amide bonds. The summed E-state index contributed by atoms with van der Waals surface area (Å²) in [5.41, 5.74) is 4.90. The highest BCUT2D eigenvalue weighted by molar-refractivity contribution is 7.21. The molecule has 0 spiro atoms. The van der Waals surface area contributed by atoms with E-state index in [1.165, 1.54) is 11.3 Å². The van der Waals surface area contributed by atoms with E-state index in [0.29, 0.717) is 9.90 Å². The van der Waals surface area contributed by atoms with Crippen molar-refractivity contribution < 1.29 is 9.59 Å². The van der Waals surface area contributed by atoms with Gasteiger partial charge >= 0.3 is 0 Å². The molecule has 1 aliphatic rings. The second kappa shape index (κ2) is 5.42. The Bertz CT molecular complexity index is 679. The normalized spacial score (nSPS) is 14.8. The van der Waals surface area contributed by atoms with Gasteiger partial charge in [0.05, 0.1) is 5.02 Å². The van der Waals surface area contributed by atoms with E-state index in [2.05, 4.69) is 10.9 Å².